The summed E-state index contributed by atoms with van der Waals surface area (Å²) in [5.74, 6) is -0.406. The van der Waals surface area contributed by atoms with Gasteiger partial charge in [0.2, 0.25) is 0 Å². The van der Waals surface area contributed by atoms with Crippen LogP contribution in [-0.2, 0) is 11.2 Å². The molecule has 6 heteroatoms. The molecule has 0 bridgehead atoms. The number of nitrogens with one attached hydrogen (secondary N) is 2. The maximum Gasteiger partial charge on any atom is 0.261 e. The fraction of sp³-hybridized carbons (Fsp3) is 0.259. The molecule has 0 radical (unpaired) electrons. The van der Waals surface area contributed by atoms with E-state index in [2.05, 4.69) is 48.1 Å². The highest BCUT2D eigenvalue weighted by molar-refractivity contribution is 6.32. The monoisotopic (exact) mass is 458 g/mol. The predicted molar refractivity (Wildman–Crippen MR) is 136 cm³/mol. The number of rotatable bonds is 5. The van der Waals surface area contributed by atoms with Crippen LogP contribution in [0.15, 0.2) is 54.2 Å². The molecule has 0 saturated heterocycles. The highest BCUT2D eigenvalue weighted by Crippen LogP contribution is 2.40. The summed E-state index contributed by atoms with van der Waals surface area (Å²) in [5.41, 5.74) is 5.97. The number of H-pyrrole nitrogens is 1. The molecule has 2 heterocycles. The van der Waals surface area contributed by atoms with Crippen molar-refractivity contribution < 1.29 is 4.79 Å². The molecular formula is C27H27ClN4O. The van der Waals surface area contributed by atoms with E-state index in [-0.39, 0.29) is 11.1 Å². The van der Waals surface area contributed by atoms with Crippen molar-refractivity contribution in [2.45, 2.75) is 32.7 Å². The van der Waals surface area contributed by atoms with Crippen molar-refractivity contribution in [3.05, 3.63) is 76.0 Å². The summed E-state index contributed by atoms with van der Waals surface area (Å²) in [4.78, 5) is 18.1. The molecule has 0 spiro atoms. The predicted octanol–water partition coefficient (Wildman–Crippen LogP) is 5.72. The van der Waals surface area contributed by atoms with E-state index in [1.807, 2.05) is 49.6 Å². The van der Waals surface area contributed by atoms with Crippen molar-refractivity contribution >= 4 is 45.7 Å². The standard InChI is InChI=1S/C27H27ClN4O/c1-17-14-27(2,3)32(4)25-13-23(28)19(12-22(17)25)11-20(15-29)26(33)30-10-9-18-16-31-24-8-6-5-7-21(18)24/h5-8,11-14,16,31H,9-10H2,1-4H3,(H,30,33)/b20-11+. The van der Waals surface area contributed by atoms with Crippen LogP contribution < -0.4 is 10.2 Å². The second-order valence-corrected chi connectivity index (χ2v) is 9.37. The topological polar surface area (TPSA) is 71.9 Å². The lowest BCUT2D eigenvalue weighted by Crippen LogP contribution is -2.42. The lowest BCUT2D eigenvalue weighted by molar-refractivity contribution is -0.117. The minimum Gasteiger partial charge on any atom is -0.365 e. The van der Waals surface area contributed by atoms with Crippen molar-refractivity contribution in [3.63, 3.8) is 0 Å². The van der Waals surface area contributed by atoms with Gasteiger partial charge in [0.05, 0.1) is 5.54 Å². The largest absolute Gasteiger partial charge is 0.365 e. The van der Waals surface area contributed by atoms with E-state index in [0.29, 0.717) is 23.6 Å². The summed E-state index contributed by atoms with van der Waals surface area (Å²) >= 11 is 6.57. The van der Waals surface area contributed by atoms with E-state index < -0.39 is 5.91 Å². The number of nitriles is 1. The normalized spacial score (nSPS) is 15.1. The van der Waals surface area contributed by atoms with Gasteiger partial charge < -0.3 is 15.2 Å². The van der Waals surface area contributed by atoms with Gasteiger partial charge in [-0.2, -0.15) is 5.26 Å². The van der Waals surface area contributed by atoms with E-state index in [1.54, 1.807) is 6.08 Å². The lowest BCUT2D eigenvalue weighted by atomic mass is 9.88. The van der Waals surface area contributed by atoms with E-state index >= 15 is 0 Å². The molecule has 4 rings (SSSR count). The highest BCUT2D eigenvalue weighted by Gasteiger charge is 2.29. The molecule has 1 amide bonds. The van der Waals surface area contributed by atoms with Gasteiger partial charge in [-0.3, -0.25) is 4.79 Å². The van der Waals surface area contributed by atoms with Gasteiger partial charge in [0.1, 0.15) is 11.6 Å². The molecule has 0 unspecified atom stereocenters. The summed E-state index contributed by atoms with van der Waals surface area (Å²) in [6, 6.07) is 13.9. The van der Waals surface area contributed by atoms with Crippen LogP contribution in [0.2, 0.25) is 5.02 Å². The molecule has 1 aromatic heterocycles. The third-order valence-electron chi connectivity index (χ3n) is 6.36. The first-order valence-electron chi connectivity index (χ1n) is 10.9. The van der Waals surface area contributed by atoms with E-state index in [0.717, 1.165) is 33.3 Å². The molecule has 2 aromatic carbocycles. The fourth-order valence-electron chi connectivity index (χ4n) is 4.35. The Morgan fingerprint density at radius 3 is 2.82 bits per heavy atom. The molecule has 0 fully saturated rings. The Balaban J connectivity index is 1.52. The maximum absolute atomic E-state index is 12.7. The fourth-order valence-corrected chi connectivity index (χ4v) is 4.56. The van der Waals surface area contributed by atoms with Crippen LogP contribution in [0.25, 0.3) is 22.6 Å². The Labute approximate surface area is 199 Å². The summed E-state index contributed by atoms with van der Waals surface area (Å²) < 4.78 is 0. The Hall–Kier alpha value is -3.49. The van der Waals surface area contributed by atoms with Crippen LogP contribution in [0, 0.1) is 11.3 Å². The molecule has 168 valence electrons. The minimum atomic E-state index is -0.406. The number of halogens is 1. The van der Waals surface area contributed by atoms with Crippen molar-refractivity contribution in [1.29, 1.82) is 5.26 Å². The Kier molecular flexibility index (Phi) is 6.05. The Morgan fingerprint density at radius 2 is 2.06 bits per heavy atom. The summed E-state index contributed by atoms with van der Waals surface area (Å²) in [7, 11) is 2.04. The molecule has 0 atom stereocenters. The lowest BCUT2D eigenvalue weighted by Gasteiger charge is -2.40. The number of aromatic nitrogens is 1. The minimum absolute atomic E-state index is 0.0295. The molecule has 1 aliphatic rings. The zero-order chi connectivity index (χ0) is 23.8. The van der Waals surface area contributed by atoms with Crippen LogP contribution in [0.1, 0.15) is 37.5 Å². The number of allylic oxidation sites excluding steroid dienone is 1. The summed E-state index contributed by atoms with van der Waals surface area (Å²) in [6.45, 7) is 6.79. The van der Waals surface area contributed by atoms with Crippen LogP contribution >= 0.6 is 11.6 Å². The summed E-state index contributed by atoms with van der Waals surface area (Å²) in [6.07, 6.45) is 6.40. The number of hydrogen-bond acceptors (Lipinski definition) is 3. The molecule has 0 aliphatic carbocycles. The highest BCUT2D eigenvalue weighted by atomic mass is 35.5. The summed E-state index contributed by atoms with van der Waals surface area (Å²) in [5, 5.41) is 14.1. The zero-order valence-electron chi connectivity index (χ0n) is 19.3. The first kappa shape index (κ1) is 22.7. The quantitative estimate of drug-likeness (QED) is 0.379. The van der Waals surface area contributed by atoms with E-state index in [1.165, 1.54) is 0 Å². The molecule has 0 saturated carbocycles. The second-order valence-electron chi connectivity index (χ2n) is 8.97. The van der Waals surface area contributed by atoms with Crippen molar-refractivity contribution in [2.24, 2.45) is 0 Å². The number of benzene rings is 2. The molecule has 3 aromatic rings. The number of aromatic amines is 1. The Bertz CT molecular complexity index is 1340. The van der Waals surface area contributed by atoms with Gasteiger partial charge in [-0.25, -0.2) is 0 Å². The number of carbonyl (C=O) groups excluding carboxylic acids is 1. The van der Waals surface area contributed by atoms with Gasteiger partial charge in [-0.15, -0.1) is 0 Å². The molecule has 33 heavy (non-hydrogen) atoms. The van der Waals surface area contributed by atoms with E-state index in [9.17, 15) is 10.1 Å². The van der Waals surface area contributed by atoms with Gasteiger partial charge in [-0.1, -0.05) is 35.9 Å². The second kappa shape index (κ2) is 8.80. The molecule has 2 N–H and O–H groups in total. The first-order valence-corrected chi connectivity index (χ1v) is 11.3. The van der Waals surface area contributed by atoms with Crippen LogP contribution in [0.5, 0.6) is 0 Å². The first-order chi connectivity index (χ1) is 15.7. The van der Waals surface area contributed by atoms with Crippen LogP contribution in [0.3, 0.4) is 0 Å². The molecule has 5 nitrogen and oxygen atoms in total. The van der Waals surface area contributed by atoms with Crippen LogP contribution in [-0.4, -0.2) is 30.0 Å². The van der Waals surface area contributed by atoms with E-state index in [4.69, 9.17) is 11.6 Å². The SMILES string of the molecule is CC1=CC(C)(C)N(C)c2cc(Cl)c(/C=C(\C#N)C(=O)NCCc3c[nH]c4ccccc34)cc21. The van der Waals surface area contributed by atoms with Crippen molar-refractivity contribution in [1.82, 2.24) is 10.3 Å². The van der Waals surface area contributed by atoms with Gasteiger partial charge in [0.25, 0.3) is 5.91 Å². The van der Waals surface area contributed by atoms with Crippen molar-refractivity contribution in [2.75, 3.05) is 18.5 Å². The smallest absolute Gasteiger partial charge is 0.261 e. The third kappa shape index (κ3) is 4.40. The number of carbonyl (C=O) groups is 1. The number of fused-ring (bicyclic) bond motifs is 2. The number of likely N-dealkylation sites (N-methyl/N-ethyl adjacent to an activating group) is 1. The Morgan fingerprint density at radius 1 is 1.30 bits per heavy atom. The van der Waals surface area contributed by atoms with Gasteiger partial charge >= 0.3 is 0 Å². The maximum atomic E-state index is 12.7. The molecular weight excluding hydrogens is 432 g/mol. The molecule has 1 aliphatic heterocycles. The number of anilines is 1. The van der Waals surface area contributed by atoms with Crippen LogP contribution in [0.4, 0.5) is 5.69 Å². The number of para-hydroxylation sites is 1. The third-order valence-corrected chi connectivity index (χ3v) is 6.68. The van der Waals surface area contributed by atoms with Gasteiger partial charge in [0.15, 0.2) is 0 Å². The number of nitrogens with zero attached hydrogens (tertiary/aromatic N) is 2. The van der Waals surface area contributed by atoms with Gasteiger partial charge in [0, 0.05) is 47.0 Å². The number of hydrogen-bond donors (Lipinski definition) is 2. The average Bonchev–Trinajstić information content (AvgIpc) is 3.19. The number of amides is 1. The zero-order valence-corrected chi connectivity index (χ0v) is 20.0. The van der Waals surface area contributed by atoms with Crippen molar-refractivity contribution in [3.8, 4) is 6.07 Å². The van der Waals surface area contributed by atoms with Gasteiger partial charge in [-0.05, 0) is 68.2 Å². The average molecular weight is 459 g/mol.